The highest BCUT2D eigenvalue weighted by Gasteiger charge is 2.31. The van der Waals surface area contributed by atoms with Gasteiger partial charge in [-0.1, -0.05) is 11.6 Å². The van der Waals surface area contributed by atoms with E-state index in [0.29, 0.717) is 23.7 Å². The van der Waals surface area contributed by atoms with Crippen LogP contribution in [0.4, 0.5) is 4.79 Å². The third-order valence-corrected chi connectivity index (χ3v) is 3.51. The Bertz CT molecular complexity index is 492. The first-order chi connectivity index (χ1) is 9.58. The van der Waals surface area contributed by atoms with Crippen LogP contribution in [-0.2, 0) is 11.3 Å². The van der Waals surface area contributed by atoms with Gasteiger partial charge in [0.2, 0.25) is 5.91 Å². The zero-order valence-electron chi connectivity index (χ0n) is 10.9. The summed E-state index contributed by atoms with van der Waals surface area (Å²) < 4.78 is 0. The van der Waals surface area contributed by atoms with Crippen molar-refractivity contribution in [3.63, 3.8) is 0 Å². The lowest BCUT2D eigenvalue weighted by atomic mass is 10.0. The first-order valence-corrected chi connectivity index (χ1v) is 6.83. The van der Waals surface area contributed by atoms with Gasteiger partial charge in [0.25, 0.3) is 0 Å². The normalized spacial score (nSPS) is 18.6. The van der Waals surface area contributed by atoms with Crippen molar-refractivity contribution in [3.05, 3.63) is 29.0 Å². The molecule has 0 spiro atoms. The first-order valence-electron chi connectivity index (χ1n) is 6.45. The molecule has 1 aromatic heterocycles. The molecule has 108 valence electrons. The molecule has 0 saturated carbocycles. The predicted octanol–water partition coefficient (Wildman–Crippen LogP) is 1.88. The summed E-state index contributed by atoms with van der Waals surface area (Å²) in [7, 11) is 0. The summed E-state index contributed by atoms with van der Waals surface area (Å²) in [5, 5.41) is 12.3. The molecule has 2 rings (SSSR count). The Hall–Kier alpha value is -1.82. The van der Waals surface area contributed by atoms with E-state index >= 15 is 0 Å². The fourth-order valence-corrected chi connectivity index (χ4v) is 2.35. The number of pyridine rings is 1. The van der Waals surface area contributed by atoms with Gasteiger partial charge in [-0.05, 0) is 31.4 Å². The molecule has 1 unspecified atom stereocenters. The van der Waals surface area contributed by atoms with E-state index in [1.807, 2.05) is 0 Å². The minimum Gasteiger partial charge on any atom is -0.465 e. The van der Waals surface area contributed by atoms with Gasteiger partial charge in [0.15, 0.2) is 0 Å². The first kappa shape index (κ1) is 14.6. The Morgan fingerprint density at radius 3 is 2.90 bits per heavy atom. The standard InChI is InChI=1S/C13H16ClN3O3/c14-9-4-5-10(15-7-9)8-16-12(18)11-3-1-2-6-17(11)13(19)20/h4-5,7,11H,1-3,6,8H2,(H,16,18)(H,19,20). The molecular formula is C13H16ClN3O3. The second-order valence-corrected chi connectivity index (χ2v) is 5.11. The molecule has 1 aromatic rings. The van der Waals surface area contributed by atoms with Crippen molar-refractivity contribution in [3.8, 4) is 0 Å². The molecule has 0 aromatic carbocycles. The van der Waals surface area contributed by atoms with Crippen molar-refractivity contribution in [1.29, 1.82) is 0 Å². The Kier molecular flexibility index (Phi) is 4.79. The number of hydrogen-bond donors (Lipinski definition) is 2. The molecule has 1 aliphatic heterocycles. The maximum Gasteiger partial charge on any atom is 0.407 e. The Morgan fingerprint density at radius 2 is 2.25 bits per heavy atom. The lowest BCUT2D eigenvalue weighted by Crippen LogP contribution is -2.51. The van der Waals surface area contributed by atoms with Gasteiger partial charge in [0.05, 0.1) is 17.3 Å². The molecule has 1 fully saturated rings. The van der Waals surface area contributed by atoms with Gasteiger partial charge in [-0.25, -0.2) is 4.79 Å². The lowest BCUT2D eigenvalue weighted by molar-refractivity contribution is -0.127. The highest BCUT2D eigenvalue weighted by molar-refractivity contribution is 6.30. The highest BCUT2D eigenvalue weighted by Crippen LogP contribution is 2.17. The van der Waals surface area contributed by atoms with E-state index in [-0.39, 0.29) is 12.5 Å². The fourth-order valence-electron chi connectivity index (χ4n) is 2.24. The van der Waals surface area contributed by atoms with Crippen LogP contribution in [0.5, 0.6) is 0 Å². The summed E-state index contributed by atoms with van der Waals surface area (Å²) in [6, 6.07) is 2.81. The second-order valence-electron chi connectivity index (χ2n) is 4.67. The van der Waals surface area contributed by atoms with Crippen LogP contribution in [-0.4, -0.2) is 39.6 Å². The minimum atomic E-state index is -1.05. The van der Waals surface area contributed by atoms with Gasteiger partial charge >= 0.3 is 6.09 Å². The number of amides is 2. The molecule has 1 saturated heterocycles. The summed E-state index contributed by atoms with van der Waals surface area (Å²) in [5.74, 6) is -0.274. The lowest BCUT2D eigenvalue weighted by Gasteiger charge is -2.32. The molecule has 0 radical (unpaired) electrons. The number of aromatic nitrogens is 1. The van der Waals surface area contributed by atoms with Gasteiger partial charge in [0.1, 0.15) is 6.04 Å². The van der Waals surface area contributed by atoms with Gasteiger partial charge in [-0.15, -0.1) is 0 Å². The fraction of sp³-hybridized carbons (Fsp3) is 0.462. The van der Waals surface area contributed by atoms with E-state index < -0.39 is 12.1 Å². The van der Waals surface area contributed by atoms with Crippen LogP contribution in [0, 0.1) is 0 Å². The third kappa shape index (κ3) is 3.60. The van der Waals surface area contributed by atoms with Gasteiger partial charge < -0.3 is 10.4 Å². The number of carbonyl (C=O) groups excluding carboxylic acids is 1. The van der Waals surface area contributed by atoms with E-state index in [0.717, 1.165) is 12.8 Å². The van der Waals surface area contributed by atoms with Gasteiger partial charge in [0, 0.05) is 12.7 Å². The van der Waals surface area contributed by atoms with Crippen LogP contribution >= 0.6 is 11.6 Å². The second kappa shape index (κ2) is 6.56. The molecule has 2 heterocycles. The zero-order chi connectivity index (χ0) is 14.5. The maximum absolute atomic E-state index is 12.1. The Labute approximate surface area is 121 Å². The quantitative estimate of drug-likeness (QED) is 0.892. The summed E-state index contributed by atoms with van der Waals surface area (Å²) in [6.07, 6.45) is 2.68. The number of nitrogens with one attached hydrogen (secondary N) is 1. The Balaban J connectivity index is 1.93. The molecule has 1 aliphatic rings. The van der Waals surface area contributed by atoms with E-state index in [9.17, 15) is 9.59 Å². The molecule has 7 heteroatoms. The average Bonchev–Trinajstić information content (AvgIpc) is 2.46. The number of hydrogen-bond acceptors (Lipinski definition) is 3. The van der Waals surface area contributed by atoms with Crippen molar-refractivity contribution < 1.29 is 14.7 Å². The maximum atomic E-state index is 12.1. The van der Waals surface area contributed by atoms with Crippen molar-refractivity contribution in [2.24, 2.45) is 0 Å². The molecule has 0 bridgehead atoms. The molecule has 2 N–H and O–H groups in total. The third-order valence-electron chi connectivity index (χ3n) is 3.28. The molecule has 2 amide bonds. The van der Waals surface area contributed by atoms with Gasteiger partial charge in [-0.3, -0.25) is 14.7 Å². The van der Waals surface area contributed by atoms with Crippen LogP contribution in [0.25, 0.3) is 0 Å². The summed E-state index contributed by atoms with van der Waals surface area (Å²) in [6.45, 7) is 0.673. The van der Waals surface area contributed by atoms with E-state index in [2.05, 4.69) is 10.3 Å². The molecule has 1 atom stereocenters. The summed E-state index contributed by atoms with van der Waals surface area (Å²) in [5.41, 5.74) is 0.681. The predicted molar refractivity (Wildman–Crippen MR) is 73.5 cm³/mol. The molecular weight excluding hydrogens is 282 g/mol. The van der Waals surface area contributed by atoms with Crippen LogP contribution in [0.2, 0.25) is 5.02 Å². The van der Waals surface area contributed by atoms with Crippen LogP contribution < -0.4 is 5.32 Å². The van der Waals surface area contributed by atoms with Crippen molar-refractivity contribution in [2.45, 2.75) is 31.8 Å². The largest absolute Gasteiger partial charge is 0.465 e. The van der Waals surface area contributed by atoms with Crippen molar-refractivity contribution in [1.82, 2.24) is 15.2 Å². The van der Waals surface area contributed by atoms with Crippen LogP contribution in [0.3, 0.4) is 0 Å². The molecule has 0 aliphatic carbocycles. The minimum absolute atomic E-state index is 0.264. The number of nitrogens with zero attached hydrogens (tertiary/aromatic N) is 2. The van der Waals surface area contributed by atoms with Crippen LogP contribution in [0.15, 0.2) is 18.3 Å². The number of piperidine rings is 1. The van der Waals surface area contributed by atoms with Crippen molar-refractivity contribution in [2.75, 3.05) is 6.54 Å². The topological polar surface area (TPSA) is 82.5 Å². The smallest absolute Gasteiger partial charge is 0.407 e. The van der Waals surface area contributed by atoms with Crippen LogP contribution in [0.1, 0.15) is 25.0 Å². The van der Waals surface area contributed by atoms with Crippen molar-refractivity contribution >= 4 is 23.6 Å². The molecule has 6 nitrogen and oxygen atoms in total. The number of rotatable bonds is 3. The zero-order valence-corrected chi connectivity index (χ0v) is 11.6. The summed E-state index contributed by atoms with van der Waals surface area (Å²) in [4.78, 5) is 28.5. The number of carbonyl (C=O) groups is 2. The SMILES string of the molecule is O=C(NCc1ccc(Cl)cn1)C1CCCCN1C(=O)O. The highest BCUT2D eigenvalue weighted by atomic mass is 35.5. The van der Waals surface area contributed by atoms with E-state index in [4.69, 9.17) is 16.7 Å². The average molecular weight is 298 g/mol. The van der Waals surface area contributed by atoms with Gasteiger partial charge in [-0.2, -0.15) is 0 Å². The monoisotopic (exact) mass is 297 g/mol. The Morgan fingerprint density at radius 1 is 1.45 bits per heavy atom. The number of halogens is 1. The number of carboxylic acid groups (broad SMARTS) is 1. The molecule has 20 heavy (non-hydrogen) atoms. The van der Waals surface area contributed by atoms with E-state index in [1.54, 1.807) is 12.1 Å². The van der Waals surface area contributed by atoms with E-state index in [1.165, 1.54) is 11.1 Å². The summed E-state index contributed by atoms with van der Waals surface area (Å²) >= 11 is 5.73. The number of likely N-dealkylation sites (tertiary alicyclic amines) is 1.